The van der Waals surface area contributed by atoms with Crippen LogP contribution in [0.5, 0.6) is 0 Å². The van der Waals surface area contributed by atoms with Gasteiger partial charge in [-0.3, -0.25) is 4.79 Å². The molecule has 2 saturated carbocycles. The highest BCUT2D eigenvalue weighted by Gasteiger charge is 2.50. The van der Waals surface area contributed by atoms with Gasteiger partial charge >= 0.3 is 0 Å². The maximum Gasteiger partial charge on any atom is 0.211 e. The largest absolute Gasteiger partial charge is 0.385 e. The van der Waals surface area contributed by atoms with Crippen molar-refractivity contribution in [1.82, 2.24) is 0 Å². The highest BCUT2D eigenvalue weighted by Crippen LogP contribution is 2.56. The normalized spacial score (nSPS) is 31.7. The average molecular weight is 231 g/mol. The summed E-state index contributed by atoms with van der Waals surface area (Å²) in [5.41, 5.74) is 0.878. The van der Waals surface area contributed by atoms with E-state index in [1.807, 2.05) is 24.3 Å². The highest BCUT2D eigenvalue weighted by molar-refractivity contribution is 5.74. The lowest BCUT2D eigenvalue weighted by molar-refractivity contribution is -0.105. The number of hydrogen-bond donors (Lipinski definition) is 2. The van der Waals surface area contributed by atoms with E-state index in [2.05, 4.69) is 5.32 Å². The number of aliphatic hydroxyl groups is 1. The van der Waals surface area contributed by atoms with Gasteiger partial charge in [-0.05, 0) is 43.6 Å². The van der Waals surface area contributed by atoms with Crippen molar-refractivity contribution in [2.45, 2.75) is 31.3 Å². The third-order valence-electron chi connectivity index (χ3n) is 4.13. The van der Waals surface area contributed by atoms with Gasteiger partial charge in [-0.2, -0.15) is 0 Å². The molecule has 2 aliphatic rings. The Morgan fingerprint density at radius 2 is 1.94 bits per heavy atom. The number of para-hydroxylation sites is 1. The molecule has 0 saturated heterocycles. The molecule has 0 atom stereocenters. The molecule has 1 aromatic rings. The highest BCUT2D eigenvalue weighted by atomic mass is 16.3. The van der Waals surface area contributed by atoms with Crippen LogP contribution >= 0.6 is 0 Å². The van der Waals surface area contributed by atoms with Gasteiger partial charge in [-0.1, -0.05) is 18.2 Å². The Labute approximate surface area is 101 Å². The first kappa shape index (κ1) is 10.8. The average Bonchev–Trinajstić information content (AvgIpc) is 3.10. The van der Waals surface area contributed by atoms with E-state index in [1.54, 1.807) is 0 Å². The first-order chi connectivity index (χ1) is 8.23. The van der Waals surface area contributed by atoms with Gasteiger partial charge in [0.2, 0.25) is 6.41 Å². The molecule has 2 fully saturated rings. The van der Waals surface area contributed by atoms with Crippen LogP contribution in [0.4, 0.5) is 5.69 Å². The van der Waals surface area contributed by atoms with E-state index in [-0.39, 0.29) is 0 Å². The zero-order valence-corrected chi connectivity index (χ0v) is 9.73. The quantitative estimate of drug-likeness (QED) is 0.781. The number of carbonyl (C=O) groups excluding carboxylic acids is 1. The lowest BCUT2D eigenvalue weighted by atomic mass is 9.65. The summed E-state index contributed by atoms with van der Waals surface area (Å²) in [6.07, 6.45) is 5.01. The fraction of sp³-hybridized carbons (Fsp3) is 0.500. The van der Waals surface area contributed by atoms with Crippen LogP contribution in [0.2, 0.25) is 0 Å². The van der Waals surface area contributed by atoms with Crippen LogP contribution in [-0.2, 0) is 10.4 Å². The third-order valence-corrected chi connectivity index (χ3v) is 4.13. The molecule has 0 bridgehead atoms. The summed E-state index contributed by atoms with van der Waals surface area (Å²) >= 11 is 0. The molecule has 90 valence electrons. The summed E-state index contributed by atoms with van der Waals surface area (Å²) in [5, 5.41) is 13.2. The molecule has 3 heteroatoms. The monoisotopic (exact) mass is 231 g/mol. The molecule has 3 nitrogen and oxygen atoms in total. The van der Waals surface area contributed by atoms with E-state index in [0.29, 0.717) is 12.3 Å². The minimum Gasteiger partial charge on any atom is -0.385 e. The Morgan fingerprint density at radius 3 is 2.59 bits per heavy atom. The van der Waals surface area contributed by atoms with Crippen molar-refractivity contribution in [3.63, 3.8) is 0 Å². The number of amides is 1. The van der Waals surface area contributed by atoms with Gasteiger partial charge in [0.1, 0.15) is 0 Å². The van der Waals surface area contributed by atoms with E-state index in [1.165, 1.54) is 12.8 Å². The SMILES string of the molecule is O=CNc1ccccc1C1(O)CC(C2CC2)C1. The van der Waals surface area contributed by atoms with Crippen LogP contribution in [0.25, 0.3) is 0 Å². The molecular formula is C14H17NO2. The molecular weight excluding hydrogens is 214 g/mol. The standard InChI is InChI=1S/C14H17NO2/c16-9-15-13-4-2-1-3-12(13)14(17)7-11(8-14)10-5-6-10/h1-4,9-11,17H,5-8H2,(H,15,16). The summed E-state index contributed by atoms with van der Waals surface area (Å²) in [4.78, 5) is 10.5. The van der Waals surface area contributed by atoms with Crippen LogP contribution in [0, 0.1) is 11.8 Å². The molecule has 0 unspecified atom stereocenters. The first-order valence-electron chi connectivity index (χ1n) is 6.25. The van der Waals surface area contributed by atoms with E-state index < -0.39 is 5.60 Å². The summed E-state index contributed by atoms with van der Waals surface area (Å²) in [6.45, 7) is 0. The van der Waals surface area contributed by atoms with Gasteiger partial charge in [0, 0.05) is 11.3 Å². The minimum atomic E-state index is -0.722. The van der Waals surface area contributed by atoms with Gasteiger partial charge in [0.15, 0.2) is 0 Å². The fourth-order valence-corrected chi connectivity index (χ4v) is 3.01. The predicted octanol–water partition coefficient (Wildman–Crippen LogP) is 2.26. The predicted molar refractivity (Wildman–Crippen MR) is 65.5 cm³/mol. The molecule has 0 aromatic heterocycles. The van der Waals surface area contributed by atoms with Gasteiger partial charge in [-0.15, -0.1) is 0 Å². The molecule has 1 amide bonds. The third kappa shape index (κ3) is 1.84. The fourth-order valence-electron chi connectivity index (χ4n) is 3.01. The van der Waals surface area contributed by atoms with Crippen LogP contribution in [0.3, 0.4) is 0 Å². The van der Waals surface area contributed by atoms with E-state index in [4.69, 9.17) is 0 Å². The number of anilines is 1. The molecule has 17 heavy (non-hydrogen) atoms. The molecule has 2 N–H and O–H groups in total. The second-order valence-corrected chi connectivity index (χ2v) is 5.35. The van der Waals surface area contributed by atoms with E-state index >= 15 is 0 Å². The van der Waals surface area contributed by atoms with Crippen molar-refractivity contribution in [1.29, 1.82) is 0 Å². The summed E-state index contributed by atoms with van der Waals surface area (Å²) in [7, 11) is 0. The van der Waals surface area contributed by atoms with Gasteiger partial charge in [0.25, 0.3) is 0 Å². The smallest absolute Gasteiger partial charge is 0.211 e. The molecule has 0 heterocycles. The van der Waals surface area contributed by atoms with Crippen molar-refractivity contribution in [2.24, 2.45) is 11.8 Å². The Morgan fingerprint density at radius 1 is 1.24 bits per heavy atom. The van der Waals surface area contributed by atoms with Crippen LogP contribution in [0.15, 0.2) is 24.3 Å². The molecule has 2 aliphatic carbocycles. The van der Waals surface area contributed by atoms with Crippen molar-refractivity contribution in [2.75, 3.05) is 5.32 Å². The zero-order chi connectivity index (χ0) is 11.9. The van der Waals surface area contributed by atoms with Crippen molar-refractivity contribution in [3.05, 3.63) is 29.8 Å². The lowest BCUT2D eigenvalue weighted by Gasteiger charge is -2.45. The van der Waals surface area contributed by atoms with Gasteiger partial charge in [0.05, 0.1) is 5.60 Å². The number of carbonyl (C=O) groups is 1. The zero-order valence-electron chi connectivity index (χ0n) is 9.73. The number of rotatable bonds is 4. The second-order valence-electron chi connectivity index (χ2n) is 5.35. The lowest BCUT2D eigenvalue weighted by Crippen LogP contribution is -2.42. The van der Waals surface area contributed by atoms with Gasteiger partial charge in [-0.25, -0.2) is 0 Å². The van der Waals surface area contributed by atoms with Gasteiger partial charge < -0.3 is 10.4 Å². The van der Waals surface area contributed by atoms with Crippen molar-refractivity contribution in [3.8, 4) is 0 Å². The first-order valence-corrected chi connectivity index (χ1v) is 6.25. The van der Waals surface area contributed by atoms with Crippen molar-refractivity contribution < 1.29 is 9.90 Å². The summed E-state index contributed by atoms with van der Waals surface area (Å²) < 4.78 is 0. The number of hydrogen-bond acceptors (Lipinski definition) is 2. The molecule has 3 rings (SSSR count). The Balaban J connectivity index is 1.81. The van der Waals surface area contributed by atoms with E-state index in [9.17, 15) is 9.90 Å². The topological polar surface area (TPSA) is 49.3 Å². The van der Waals surface area contributed by atoms with Crippen LogP contribution in [-0.4, -0.2) is 11.5 Å². The maximum atomic E-state index is 10.6. The summed E-state index contributed by atoms with van der Waals surface area (Å²) in [6, 6.07) is 7.53. The Hall–Kier alpha value is -1.35. The Kier molecular flexibility index (Phi) is 2.44. The number of benzene rings is 1. The second kappa shape index (κ2) is 3.84. The number of nitrogens with one attached hydrogen (secondary N) is 1. The van der Waals surface area contributed by atoms with Crippen LogP contribution < -0.4 is 5.32 Å². The molecule has 0 aliphatic heterocycles. The molecule has 0 spiro atoms. The summed E-state index contributed by atoms with van der Waals surface area (Å²) in [5.74, 6) is 1.53. The van der Waals surface area contributed by atoms with Crippen molar-refractivity contribution >= 4 is 12.1 Å². The minimum absolute atomic E-state index is 0.666. The Bertz CT molecular complexity index is 434. The van der Waals surface area contributed by atoms with Crippen LogP contribution in [0.1, 0.15) is 31.2 Å². The maximum absolute atomic E-state index is 10.6. The van der Waals surface area contributed by atoms with E-state index in [0.717, 1.165) is 30.0 Å². The molecule has 0 radical (unpaired) electrons. The molecule has 1 aromatic carbocycles.